The molecule has 1 heterocycles. The molecule has 0 saturated carbocycles. The molecular formula is C20H16ClFN4OS. The van der Waals surface area contributed by atoms with Gasteiger partial charge in [0, 0.05) is 37.3 Å². The number of aromatic nitrogens is 1. The van der Waals surface area contributed by atoms with E-state index in [0.717, 1.165) is 17.1 Å². The number of benzene rings is 2. The summed E-state index contributed by atoms with van der Waals surface area (Å²) in [6, 6.07) is 11.4. The van der Waals surface area contributed by atoms with Gasteiger partial charge < -0.3 is 9.64 Å². The molecular weight excluding hydrogens is 399 g/mol. The largest absolute Gasteiger partial charge is 0.443 e. The highest BCUT2D eigenvalue weighted by Gasteiger charge is 2.18. The maximum absolute atomic E-state index is 13.2. The number of aliphatic imine (C=N–C) groups is 1. The lowest BCUT2D eigenvalue weighted by molar-refractivity contribution is 0.491. The van der Waals surface area contributed by atoms with Crippen LogP contribution in [-0.2, 0) is 0 Å². The van der Waals surface area contributed by atoms with Crippen molar-refractivity contribution in [1.82, 2.24) is 9.27 Å². The zero-order valence-corrected chi connectivity index (χ0v) is 17.0. The Hall–Kier alpha value is -2.95. The monoisotopic (exact) mass is 414 g/mol. The van der Waals surface area contributed by atoms with E-state index in [2.05, 4.69) is 15.4 Å². The lowest BCUT2D eigenvalue weighted by Crippen LogP contribution is -2.07. The molecule has 0 amide bonds. The molecule has 1 aromatic heterocycles. The molecule has 0 unspecified atom stereocenters. The number of hydrogen-bond donors (Lipinski definition) is 0. The summed E-state index contributed by atoms with van der Waals surface area (Å²) in [6.07, 6.45) is 1.66. The third kappa shape index (κ3) is 4.30. The van der Waals surface area contributed by atoms with Crippen molar-refractivity contribution in [3.05, 3.63) is 58.4 Å². The summed E-state index contributed by atoms with van der Waals surface area (Å²) >= 11 is 7.38. The number of halogens is 2. The Morgan fingerprint density at radius 3 is 2.64 bits per heavy atom. The van der Waals surface area contributed by atoms with Gasteiger partial charge in [0.15, 0.2) is 0 Å². The Morgan fingerprint density at radius 2 is 2.00 bits per heavy atom. The first-order valence-electron chi connectivity index (χ1n) is 8.23. The predicted molar refractivity (Wildman–Crippen MR) is 110 cm³/mol. The first-order valence-corrected chi connectivity index (χ1v) is 9.38. The van der Waals surface area contributed by atoms with E-state index in [1.54, 1.807) is 24.5 Å². The second-order valence-corrected chi connectivity index (χ2v) is 7.33. The maximum atomic E-state index is 13.2. The Balaban J connectivity index is 1.93. The number of nitriles is 1. The molecule has 0 radical (unpaired) electrons. The summed E-state index contributed by atoms with van der Waals surface area (Å²) in [5.41, 5.74) is 2.83. The van der Waals surface area contributed by atoms with Crippen LogP contribution in [0.25, 0.3) is 11.3 Å². The Labute approximate surface area is 171 Å². The minimum atomic E-state index is -0.351. The van der Waals surface area contributed by atoms with Gasteiger partial charge in [-0.2, -0.15) is 9.64 Å². The molecule has 0 fully saturated rings. The van der Waals surface area contributed by atoms with Crippen molar-refractivity contribution in [3.63, 3.8) is 0 Å². The highest BCUT2D eigenvalue weighted by atomic mass is 35.5. The standard InChI is InChI=1S/C20H16ClFN4OS/c1-12-8-17(24-11-26(2)3)16(21)9-18(12)27-20-15(10-23)19(25-28-20)13-4-6-14(22)7-5-13/h4-9,11H,1-3H3. The second kappa shape index (κ2) is 8.38. The van der Waals surface area contributed by atoms with Crippen molar-refractivity contribution in [2.75, 3.05) is 14.1 Å². The van der Waals surface area contributed by atoms with Crippen molar-refractivity contribution < 1.29 is 9.13 Å². The lowest BCUT2D eigenvalue weighted by atomic mass is 10.1. The number of ether oxygens (including phenoxy) is 1. The molecule has 0 atom stereocenters. The van der Waals surface area contributed by atoms with E-state index in [9.17, 15) is 9.65 Å². The van der Waals surface area contributed by atoms with Gasteiger partial charge in [0.25, 0.3) is 0 Å². The SMILES string of the molecule is Cc1cc(N=CN(C)C)c(Cl)cc1Oc1snc(-c2ccc(F)cc2)c1C#N. The molecule has 3 rings (SSSR count). The van der Waals surface area contributed by atoms with E-state index >= 15 is 0 Å². The number of rotatable bonds is 5. The van der Waals surface area contributed by atoms with Crippen LogP contribution >= 0.6 is 23.1 Å². The third-order valence-corrected chi connectivity index (χ3v) is 4.79. The fourth-order valence-corrected chi connectivity index (χ4v) is 3.32. The van der Waals surface area contributed by atoms with Gasteiger partial charge >= 0.3 is 0 Å². The van der Waals surface area contributed by atoms with Crippen molar-refractivity contribution in [3.8, 4) is 28.1 Å². The van der Waals surface area contributed by atoms with Gasteiger partial charge in [-0.15, -0.1) is 0 Å². The topological polar surface area (TPSA) is 61.5 Å². The van der Waals surface area contributed by atoms with E-state index in [-0.39, 0.29) is 5.82 Å². The van der Waals surface area contributed by atoms with E-state index in [4.69, 9.17) is 16.3 Å². The van der Waals surface area contributed by atoms with Crippen LogP contribution in [0.1, 0.15) is 11.1 Å². The first-order chi connectivity index (χ1) is 13.4. The average Bonchev–Trinajstić information content (AvgIpc) is 3.06. The van der Waals surface area contributed by atoms with Crippen molar-refractivity contribution in [1.29, 1.82) is 5.26 Å². The average molecular weight is 415 g/mol. The Bertz CT molecular complexity index is 1070. The smallest absolute Gasteiger partial charge is 0.218 e. The van der Waals surface area contributed by atoms with Crippen LogP contribution < -0.4 is 4.74 Å². The Kier molecular flexibility index (Phi) is 5.93. The van der Waals surface area contributed by atoms with Crippen LogP contribution in [0.5, 0.6) is 10.8 Å². The fourth-order valence-electron chi connectivity index (χ4n) is 2.38. The summed E-state index contributed by atoms with van der Waals surface area (Å²) in [5, 5.41) is 10.4. The molecule has 0 aliphatic carbocycles. The van der Waals surface area contributed by atoms with Gasteiger partial charge in [-0.25, -0.2) is 9.38 Å². The van der Waals surface area contributed by atoms with E-state index in [1.165, 1.54) is 12.1 Å². The highest BCUT2D eigenvalue weighted by Crippen LogP contribution is 2.40. The molecule has 0 N–H and O–H groups in total. The van der Waals surface area contributed by atoms with Crippen LogP contribution in [0.3, 0.4) is 0 Å². The van der Waals surface area contributed by atoms with Gasteiger partial charge in [0.2, 0.25) is 5.06 Å². The summed E-state index contributed by atoms with van der Waals surface area (Å²) in [5.74, 6) is 0.163. The third-order valence-electron chi connectivity index (χ3n) is 3.77. The second-order valence-electron chi connectivity index (χ2n) is 6.19. The van der Waals surface area contributed by atoms with Crippen LogP contribution in [0.15, 0.2) is 41.4 Å². The summed E-state index contributed by atoms with van der Waals surface area (Å²) in [6.45, 7) is 1.87. The molecule has 5 nitrogen and oxygen atoms in total. The van der Waals surface area contributed by atoms with Gasteiger partial charge in [-0.3, -0.25) is 0 Å². The van der Waals surface area contributed by atoms with Gasteiger partial charge in [0.05, 0.1) is 17.0 Å². The summed E-state index contributed by atoms with van der Waals surface area (Å²) in [4.78, 5) is 6.13. The fraction of sp³-hybridized carbons (Fsp3) is 0.150. The summed E-state index contributed by atoms with van der Waals surface area (Å²) < 4.78 is 23.4. The van der Waals surface area contributed by atoms with E-state index in [0.29, 0.717) is 38.3 Å². The molecule has 8 heteroatoms. The van der Waals surface area contributed by atoms with Crippen LogP contribution in [0, 0.1) is 24.1 Å². The minimum absolute atomic E-state index is 0.293. The summed E-state index contributed by atoms with van der Waals surface area (Å²) in [7, 11) is 3.74. The highest BCUT2D eigenvalue weighted by molar-refractivity contribution is 7.08. The number of nitrogens with zero attached hydrogens (tertiary/aromatic N) is 4. The molecule has 0 bridgehead atoms. The molecule has 2 aromatic carbocycles. The maximum Gasteiger partial charge on any atom is 0.218 e. The quantitative estimate of drug-likeness (QED) is 0.391. The normalized spacial score (nSPS) is 10.9. The van der Waals surface area contributed by atoms with Crippen LogP contribution in [-0.4, -0.2) is 29.7 Å². The van der Waals surface area contributed by atoms with Crippen molar-refractivity contribution >= 4 is 35.2 Å². The van der Waals surface area contributed by atoms with Crippen molar-refractivity contribution in [2.45, 2.75) is 6.92 Å². The first kappa shape index (κ1) is 19.8. The minimum Gasteiger partial charge on any atom is -0.443 e. The number of hydrogen-bond acceptors (Lipinski definition) is 5. The molecule has 3 aromatic rings. The molecule has 0 spiro atoms. The molecule has 0 aliphatic heterocycles. The van der Waals surface area contributed by atoms with Gasteiger partial charge in [-0.1, -0.05) is 11.6 Å². The molecule has 28 heavy (non-hydrogen) atoms. The zero-order chi connectivity index (χ0) is 20.3. The van der Waals surface area contributed by atoms with Crippen LogP contribution in [0.2, 0.25) is 5.02 Å². The Morgan fingerprint density at radius 1 is 1.29 bits per heavy atom. The van der Waals surface area contributed by atoms with Gasteiger partial charge in [0.1, 0.15) is 28.9 Å². The molecule has 0 aliphatic rings. The predicted octanol–water partition coefficient (Wildman–Crippen LogP) is 5.80. The lowest BCUT2D eigenvalue weighted by Gasteiger charge is -2.10. The van der Waals surface area contributed by atoms with Gasteiger partial charge in [-0.05, 0) is 42.8 Å². The molecule has 142 valence electrons. The molecule has 0 saturated heterocycles. The van der Waals surface area contributed by atoms with Crippen molar-refractivity contribution in [2.24, 2.45) is 4.99 Å². The van der Waals surface area contributed by atoms with Crippen LogP contribution in [0.4, 0.5) is 10.1 Å². The number of aryl methyl sites for hydroxylation is 1. The van der Waals surface area contributed by atoms with E-state index < -0.39 is 0 Å². The van der Waals surface area contributed by atoms with E-state index in [1.807, 2.05) is 32.0 Å². The zero-order valence-electron chi connectivity index (χ0n) is 15.4.